The van der Waals surface area contributed by atoms with Crippen molar-refractivity contribution < 1.29 is 9.53 Å². The fraction of sp³-hybridized carbons (Fsp3) is 0.267. The molecule has 0 atom stereocenters. The second-order valence-electron chi connectivity index (χ2n) is 4.70. The fourth-order valence-electron chi connectivity index (χ4n) is 2.21. The Labute approximate surface area is 124 Å². The van der Waals surface area contributed by atoms with Crippen molar-refractivity contribution in [1.29, 1.82) is 0 Å². The molecule has 3 rings (SSSR count). The van der Waals surface area contributed by atoms with Crippen molar-refractivity contribution in [3.63, 3.8) is 0 Å². The van der Waals surface area contributed by atoms with Crippen LogP contribution in [-0.4, -0.2) is 24.2 Å². The van der Waals surface area contributed by atoms with Crippen molar-refractivity contribution in [2.45, 2.75) is 13.0 Å². The highest BCUT2D eigenvalue weighted by Crippen LogP contribution is 2.06. The van der Waals surface area contributed by atoms with E-state index >= 15 is 0 Å². The van der Waals surface area contributed by atoms with Crippen molar-refractivity contribution in [2.75, 3.05) is 13.7 Å². The van der Waals surface area contributed by atoms with Gasteiger partial charge in [0.1, 0.15) is 0 Å². The summed E-state index contributed by atoms with van der Waals surface area (Å²) in [7, 11) is 1.35. The number of aromatic nitrogens is 1. The number of rotatable bonds is 2. The first-order valence-corrected chi connectivity index (χ1v) is 7.45. The second-order valence-corrected chi connectivity index (χ2v) is 5.71. The molecule has 0 spiro atoms. The number of thiazole rings is 1. The fourth-order valence-corrected chi connectivity index (χ4v) is 3.24. The molecule has 1 aliphatic heterocycles. The van der Waals surface area contributed by atoms with Gasteiger partial charge < -0.3 is 4.74 Å². The van der Waals surface area contributed by atoms with Gasteiger partial charge in [-0.3, -0.25) is 14.4 Å². The van der Waals surface area contributed by atoms with Gasteiger partial charge in [0, 0.05) is 13.1 Å². The van der Waals surface area contributed by atoms with Crippen LogP contribution in [0.1, 0.15) is 22.3 Å². The molecule has 0 aliphatic carbocycles. The number of hydrogen-bond acceptors (Lipinski definition) is 5. The lowest BCUT2D eigenvalue weighted by molar-refractivity contribution is 0.0601. The molecule has 1 aromatic heterocycles. The largest absolute Gasteiger partial charge is 0.465 e. The first kappa shape index (κ1) is 13.8. The summed E-state index contributed by atoms with van der Waals surface area (Å²) in [6, 6.07) is 6.97. The van der Waals surface area contributed by atoms with Crippen LogP contribution < -0.4 is 14.9 Å². The second kappa shape index (κ2) is 5.65. The molecule has 0 unspecified atom stereocenters. The molecule has 1 aromatic carbocycles. The van der Waals surface area contributed by atoms with Gasteiger partial charge >= 0.3 is 5.97 Å². The quantitative estimate of drug-likeness (QED) is 0.761. The number of carbonyl (C=O) groups is 1. The Bertz CT molecular complexity index is 847. The number of fused-ring (bicyclic) bond motifs is 1. The lowest BCUT2D eigenvalue weighted by Crippen LogP contribution is -2.33. The minimum absolute atomic E-state index is 0.00972. The molecular weight excluding hydrogens is 288 g/mol. The summed E-state index contributed by atoms with van der Waals surface area (Å²) in [5.41, 5.74) is 1.38. The van der Waals surface area contributed by atoms with Gasteiger partial charge in [0.2, 0.25) is 0 Å². The predicted molar refractivity (Wildman–Crippen MR) is 80.2 cm³/mol. The zero-order valence-corrected chi connectivity index (χ0v) is 12.4. The summed E-state index contributed by atoms with van der Waals surface area (Å²) in [4.78, 5) is 28.8. The Morgan fingerprint density at radius 3 is 2.81 bits per heavy atom. The Morgan fingerprint density at radius 2 is 2.14 bits per heavy atom. The SMILES string of the molecule is COC(=O)c1ccc(/C=c2/sc3n(c2=O)CCCN=3)cc1. The minimum Gasteiger partial charge on any atom is -0.465 e. The zero-order valence-electron chi connectivity index (χ0n) is 11.5. The van der Waals surface area contributed by atoms with E-state index in [1.807, 2.05) is 6.08 Å². The third-order valence-corrected chi connectivity index (χ3v) is 4.35. The number of benzene rings is 1. The van der Waals surface area contributed by atoms with Crippen molar-refractivity contribution in [1.82, 2.24) is 4.57 Å². The molecule has 0 bridgehead atoms. The van der Waals surface area contributed by atoms with Crippen LogP contribution in [0.3, 0.4) is 0 Å². The summed E-state index contributed by atoms with van der Waals surface area (Å²) in [6.45, 7) is 1.52. The molecule has 2 aromatic rings. The van der Waals surface area contributed by atoms with Crippen LogP contribution >= 0.6 is 11.3 Å². The van der Waals surface area contributed by atoms with Gasteiger partial charge in [-0.25, -0.2) is 4.79 Å². The van der Waals surface area contributed by atoms with E-state index in [9.17, 15) is 9.59 Å². The molecule has 5 nitrogen and oxygen atoms in total. The van der Waals surface area contributed by atoms with Crippen LogP contribution in [0.2, 0.25) is 0 Å². The summed E-state index contributed by atoms with van der Waals surface area (Å²) in [5, 5.41) is 0. The van der Waals surface area contributed by atoms with Gasteiger partial charge in [-0.05, 0) is 30.2 Å². The summed E-state index contributed by atoms with van der Waals surface area (Å²) < 4.78 is 7.05. The zero-order chi connectivity index (χ0) is 14.8. The molecule has 0 N–H and O–H groups in total. The Hall–Kier alpha value is -2.21. The highest BCUT2D eigenvalue weighted by Gasteiger charge is 2.09. The average molecular weight is 302 g/mol. The number of carbonyl (C=O) groups excluding carboxylic acids is 1. The monoisotopic (exact) mass is 302 g/mol. The topological polar surface area (TPSA) is 60.7 Å². The molecule has 1 aliphatic rings. The van der Waals surface area contributed by atoms with Crippen LogP contribution in [0.4, 0.5) is 0 Å². The summed E-state index contributed by atoms with van der Waals surface area (Å²) >= 11 is 1.41. The third kappa shape index (κ3) is 2.67. The van der Waals surface area contributed by atoms with Crippen LogP contribution in [0.5, 0.6) is 0 Å². The maximum absolute atomic E-state index is 12.2. The first-order chi connectivity index (χ1) is 10.2. The van der Waals surface area contributed by atoms with Crippen LogP contribution in [0.25, 0.3) is 6.08 Å². The Morgan fingerprint density at radius 1 is 1.38 bits per heavy atom. The third-order valence-electron chi connectivity index (χ3n) is 3.30. The molecule has 6 heteroatoms. The van der Waals surface area contributed by atoms with E-state index in [2.05, 4.69) is 9.73 Å². The predicted octanol–water partition coefficient (Wildman–Crippen LogP) is 0.548. The maximum atomic E-state index is 12.2. The molecule has 2 heterocycles. The molecule has 108 valence electrons. The lowest BCUT2D eigenvalue weighted by Gasteiger charge is -2.03. The van der Waals surface area contributed by atoms with Gasteiger partial charge in [0.15, 0.2) is 4.80 Å². The molecule has 0 saturated heterocycles. The van der Waals surface area contributed by atoms with E-state index in [-0.39, 0.29) is 11.5 Å². The maximum Gasteiger partial charge on any atom is 0.337 e. The minimum atomic E-state index is -0.369. The average Bonchev–Trinajstić information content (AvgIpc) is 2.84. The highest BCUT2D eigenvalue weighted by molar-refractivity contribution is 7.07. The molecule has 0 amide bonds. The van der Waals surface area contributed by atoms with E-state index in [0.29, 0.717) is 10.1 Å². The Balaban J connectivity index is 2.01. The number of methoxy groups -OCH3 is 1. The van der Waals surface area contributed by atoms with Gasteiger partial charge in [0.05, 0.1) is 17.2 Å². The molecule has 21 heavy (non-hydrogen) atoms. The number of esters is 1. The van der Waals surface area contributed by atoms with Gasteiger partial charge in [-0.1, -0.05) is 23.5 Å². The number of ether oxygens (including phenoxy) is 1. The molecule has 0 radical (unpaired) electrons. The van der Waals surface area contributed by atoms with Crippen molar-refractivity contribution in [2.24, 2.45) is 4.99 Å². The highest BCUT2D eigenvalue weighted by atomic mass is 32.1. The van der Waals surface area contributed by atoms with E-state index in [4.69, 9.17) is 0 Å². The Kier molecular flexibility index (Phi) is 3.70. The van der Waals surface area contributed by atoms with Crippen molar-refractivity contribution in [3.05, 3.63) is 55.1 Å². The van der Waals surface area contributed by atoms with Gasteiger partial charge in [0.25, 0.3) is 5.56 Å². The smallest absolute Gasteiger partial charge is 0.337 e. The molecular formula is C15H14N2O3S. The van der Waals surface area contributed by atoms with Crippen LogP contribution in [0.15, 0.2) is 34.1 Å². The lowest BCUT2D eigenvalue weighted by atomic mass is 10.1. The molecule has 0 fully saturated rings. The first-order valence-electron chi connectivity index (χ1n) is 6.63. The number of nitrogens with zero attached hydrogens (tertiary/aromatic N) is 2. The van der Waals surface area contributed by atoms with E-state index in [0.717, 1.165) is 29.9 Å². The van der Waals surface area contributed by atoms with E-state index in [1.165, 1.54) is 18.4 Å². The van der Waals surface area contributed by atoms with Gasteiger partial charge in [-0.15, -0.1) is 0 Å². The van der Waals surface area contributed by atoms with Crippen LogP contribution in [0, 0.1) is 0 Å². The van der Waals surface area contributed by atoms with Crippen molar-refractivity contribution in [3.8, 4) is 0 Å². The standard InChI is InChI=1S/C15H14N2O3S/c1-20-14(19)11-5-3-10(4-6-11)9-12-13(18)17-8-2-7-16-15(17)21-12/h3-6,9H,2,7-8H2,1H3/b12-9+. The van der Waals surface area contributed by atoms with E-state index in [1.54, 1.807) is 28.8 Å². The molecule has 0 saturated carbocycles. The van der Waals surface area contributed by atoms with Gasteiger partial charge in [-0.2, -0.15) is 0 Å². The van der Waals surface area contributed by atoms with Crippen molar-refractivity contribution >= 4 is 23.4 Å². The van der Waals surface area contributed by atoms with Crippen LogP contribution in [-0.2, 0) is 11.3 Å². The summed E-state index contributed by atoms with van der Waals surface area (Å²) in [5.74, 6) is -0.369. The number of hydrogen-bond donors (Lipinski definition) is 0. The normalized spacial score (nSPS) is 14.4. The van der Waals surface area contributed by atoms with E-state index < -0.39 is 0 Å². The summed E-state index contributed by atoms with van der Waals surface area (Å²) in [6.07, 6.45) is 2.74.